The van der Waals surface area contributed by atoms with Gasteiger partial charge in [-0.2, -0.15) is 0 Å². The zero-order chi connectivity index (χ0) is 11.4. The molecule has 2 N–H and O–H groups in total. The van der Waals surface area contributed by atoms with Gasteiger partial charge in [-0.05, 0) is 23.9 Å². The number of rotatable bonds is 3. The fourth-order valence-corrected chi connectivity index (χ4v) is 1.74. The van der Waals surface area contributed by atoms with Gasteiger partial charge >= 0.3 is 0 Å². The summed E-state index contributed by atoms with van der Waals surface area (Å²) in [4.78, 5) is 13.4. The van der Waals surface area contributed by atoms with Crippen LogP contribution in [0.25, 0.3) is 0 Å². The maximum Gasteiger partial charge on any atom is 0.249 e. The van der Waals surface area contributed by atoms with Crippen LogP contribution in [-0.4, -0.2) is 17.4 Å². The Hall–Kier alpha value is -2.03. The van der Waals surface area contributed by atoms with E-state index in [-0.39, 0.29) is 5.91 Å². The second-order valence-electron chi connectivity index (χ2n) is 3.72. The smallest absolute Gasteiger partial charge is 0.249 e. The summed E-state index contributed by atoms with van der Waals surface area (Å²) in [6, 6.07) is 7.45. The van der Waals surface area contributed by atoms with Crippen molar-refractivity contribution in [2.24, 2.45) is 5.73 Å². The van der Waals surface area contributed by atoms with Crippen molar-refractivity contribution in [1.82, 2.24) is 4.90 Å². The molecule has 82 valence electrons. The molecule has 2 rings (SSSR count). The molecule has 3 nitrogen and oxygen atoms in total. The van der Waals surface area contributed by atoms with Gasteiger partial charge in [0, 0.05) is 18.7 Å². The highest BCUT2D eigenvalue weighted by atomic mass is 16.1. The molecule has 0 saturated heterocycles. The van der Waals surface area contributed by atoms with E-state index in [9.17, 15) is 4.79 Å². The van der Waals surface area contributed by atoms with Crippen molar-refractivity contribution in [3.63, 3.8) is 0 Å². The second kappa shape index (κ2) is 4.66. The zero-order valence-electron chi connectivity index (χ0n) is 8.97. The third kappa shape index (κ3) is 2.31. The molecule has 1 heterocycles. The molecule has 0 bridgehead atoms. The average Bonchev–Trinajstić information content (AvgIpc) is 2.31. The van der Waals surface area contributed by atoms with Crippen LogP contribution in [0.4, 0.5) is 0 Å². The van der Waals surface area contributed by atoms with Crippen LogP contribution in [0.1, 0.15) is 15.9 Å². The Morgan fingerprint density at radius 2 is 2.12 bits per heavy atom. The molecule has 0 saturated carbocycles. The van der Waals surface area contributed by atoms with E-state index in [1.807, 2.05) is 36.6 Å². The van der Waals surface area contributed by atoms with Gasteiger partial charge in [0.25, 0.3) is 0 Å². The fourth-order valence-electron chi connectivity index (χ4n) is 1.74. The monoisotopic (exact) mass is 214 g/mol. The molecule has 1 aromatic carbocycles. The molecular weight excluding hydrogens is 200 g/mol. The molecule has 0 radical (unpaired) electrons. The van der Waals surface area contributed by atoms with E-state index < -0.39 is 0 Å². The summed E-state index contributed by atoms with van der Waals surface area (Å²) >= 11 is 0. The topological polar surface area (TPSA) is 46.3 Å². The van der Waals surface area contributed by atoms with E-state index in [1.54, 1.807) is 6.07 Å². The number of allylic oxidation sites excluding steroid dienone is 2. The number of hydrogen-bond donors (Lipinski definition) is 1. The summed E-state index contributed by atoms with van der Waals surface area (Å²) < 4.78 is 0. The first-order valence-corrected chi connectivity index (χ1v) is 5.22. The number of hydrogen-bond acceptors (Lipinski definition) is 2. The molecule has 0 unspecified atom stereocenters. The number of primary amides is 1. The Bertz CT molecular complexity index is 449. The lowest BCUT2D eigenvalue weighted by molar-refractivity contribution is 0.0999. The van der Waals surface area contributed by atoms with E-state index in [1.165, 1.54) is 0 Å². The number of carbonyl (C=O) groups excluding carboxylic acids is 1. The molecule has 16 heavy (non-hydrogen) atoms. The van der Waals surface area contributed by atoms with Crippen molar-refractivity contribution in [2.75, 3.05) is 6.54 Å². The van der Waals surface area contributed by atoms with Crippen molar-refractivity contribution in [3.05, 3.63) is 59.8 Å². The van der Waals surface area contributed by atoms with Gasteiger partial charge in [-0.1, -0.05) is 30.4 Å². The Morgan fingerprint density at radius 1 is 1.31 bits per heavy atom. The van der Waals surface area contributed by atoms with Gasteiger partial charge in [-0.25, -0.2) is 0 Å². The summed E-state index contributed by atoms with van der Waals surface area (Å²) in [6.45, 7) is 1.57. The van der Waals surface area contributed by atoms with Gasteiger partial charge in [-0.15, -0.1) is 0 Å². The third-order valence-electron chi connectivity index (χ3n) is 2.54. The Morgan fingerprint density at radius 3 is 2.81 bits per heavy atom. The van der Waals surface area contributed by atoms with E-state index in [0.717, 1.165) is 12.1 Å². The number of benzene rings is 1. The van der Waals surface area contributed by atoms with Crippen LogP contribution in [0.5, 0.6) is 0 Å². The first-order chi connectivity index (χ1) is 7.77. The second-order valence-corrected chi connectivity index (χ2v) is 3.72. The van der Waals surface area contributed by atoms with Gasteiger partial charge in [0.05, 0.1) is 0 Å². The van der Waals surface area contributed by atoms with Crippen LogP contribution in [0.2, 0.25) is 0 Å². The molecule has 0 aromatic heterocycles. The number of carbonyl (C=O) groups is 1. The molecule has 3 heteroatoms. The first kappa shape index (κ1) is 10.5. The molecule has 0 atom stereocenters. The van der Waals surface area contributed by atoms with Gasteiger partial charge < -0.3 is 10.6 Å². The maximum atomic E-state index is 11.2. The van der Waals surface area contributed by atoms with Gasteiger partial charge in [0.1, 0.15) is 0 Å². The van der Waals surface area contributed by atoms with Crippen molar-refractivity contribution in [1.29, 1.82) is 0 Å². The average molecular weight is 214 g/mol. The van der Waals surface area contributed by atoms with E-state index in [2.05, 4.69) is 11.0 Å². The van der Waals surface area contributed by atoms with Gasteiger partial charge in [0.15, 0.2) is 0 Å². The molecule has 0 spiro atoms. The summed E-state index contributed by atoms with van der Waals surface area (Å²) in [5.74, 6) is -0.368. The largest absolute Gasteiger partial charge is 0.369 e. The minimum absolute atomic E-state index is 0.368. The zero-order valence-corrected chi connectivity index (χ0v) is 8.97. The van der Waals surface area contributed by atoms with Crippen LogP contribution in [-0.2, 0) is 6.54 Å². The summed E-state index contributed by atoms with van der Waals surface area (Å²) in [6.07, 6.45) is 8.08. The summed E-state index contributed by atoms with van der Waals surface area (Å²) in [5, 5.41) is 0. The Balaban J connectivity index is 2.17. The van der Waals surface area contributed by atoms with Crippen LogP contribution in [0, 0.1) is 0 Å². The summed E-state index contributed by atoms with van der Waals surface area (Å²) in [7, 11) is 0. The number of amides is 1. The van der Waals surface area contributed by atoms with Gasteiger partial charge in [-0.3, -0.25) is 4.79 Å². The predicted octanol–water partition coefficient (Wildman–Crippen LogP) is 1.67. The maximum absolute atomic E-state index is 11.2. The van der Waals surface area contributed by atoms with Crippen LogP contribution < -0.4 is 5.73 Å². The predicted molar refractivity (Wildman–Crippen MR) is 63.6 cm³/mol. The SMILES string of the molecule is NC(=O)c1ccccc1CN1C=CC=CC1. The van der Waals surface area contributed by atoms with Crippen molar-refractivity contribution in [3.8, 4) is 0 Å². The highest BCUT2D eigenvalue weighted by molar-refractivity contribution is 5.94. The molecule has 1 aliphatic rings. The first-order valence-electron chi connectivity index (χ1n) is 5.22. The van der Waals surface area contributed by atoms with Crippen LogP contribution >= 0.6 is 0 Å². The third-order valence-corrected chi connectivity index (χ3v) is 2.54. The molecule has 0 aliphatic carbocycles. The van der Waals surface area contributed by atoms with Crippen LogP contribution in [0.3, 0.4) is 0 Å². The van der Waals surface area contributed by atoms with Crippen molar-refractivity contribution in [2.45, 2.75) is 6.54 Å². The lowest BCUT2D eigenvalue weighted by Gasteiger charge is -2.21. The Kier molecular flexibility index (Phi) is 3.05. The normalized spacial score (nSPS) is 14.1. The molecule has 0 fully saturated rings. The van der Waals surface area contributed by atoms with E-state index in [4.69, 9.17) is 5.73 Å². The Labute approximate surface area is 94.9 Å². The number of nitrogens with zero attached hydrogens (tertiary/aromatic N) is 1. The van der Waals surface area contributed by atoms with Gasteiger partial charge in [0.2, 0.25) is 5.91 Å². The number of nitrogens with two attached hydrogens (primary N) is 1. The molecule has 1 amide bonds. The van der Waals surface area contributed by atoms with Crippen molar-refractivity contribution >= 4 is 5.91 Å². The summed E-state index contributed by atoms with van der Waals surface area (Å²) in [5.41, 5.74) is 6.90. The minimum atomic E-state index is -0.368. The highest BCUT2D eigenvalue weighted by Crippen LogP contribution is 2.12. The molecular formula is C13H14N2O. The van der Waals surface area contributed by atoms with E-state index >= 15 is 0 Å². The fraction of sp³-hybridized carbons (Fsp3) is 0.154. The van der Waals surface area contributed by atoms with Crippen molar-refractivity contribution < 1.29 is 4.79 Å². The van der Waals surface area contributed by atoms with Crippen LogP contribution in [0.15, 0.2) is 48.7 Å². The standard InChI is InChI=1S/C13H14N2O/c14-13(16)12-7-3-2-6-11(12)10-15-8-4-1-5-9-15/h1-8H,9-10H2,(H2,14,16). The highest BCUT2D eigenvalue weighted by Gasteiger charge is 2.09. The lowest BCUT2D eigenvalue weighted by Crippen LogP contribution is -2.21. The minimum Gasteiger partial charge on any atom is -0.369 e. The molecule has 1 aliphatic heterocycles. The molecule has 1 aromatic rings. The lowest BCUT2D eigenvalue weighted by atomic mass is 10.1. The van der Waals surface area contributed by atoms with E-state index in [0.29, 0.717) is 12.1 Å². The quantitative estimate of drug-likeness (QED) is 0.832.